The van der Waals surface area contributed by atoms with Crippen LogP contribution < -0.4 is 10.1 Å². The molecule has 0 aliphatic rings. The molecule has 1 atom stereocenters. The normalized spacial score (nSPS) is 12.0. The number of methoxy groups -OCH3 is 2. The minimum absolute atomic E-state index is 0.0577. The highest BCUT2D eigenvalue weighted by atomic mass is 79.9. The van der Waals surface area contributed by atoms with Gasteiger partial charge in [-0.15, -0.1) is 0 Å². The second-order valence-corrected chi connectivity index (χ2v) is 4.61. The number of hydrogen-bond acceptors (Lipinski definition) is 5. The monoisotopic (exact) mass is 317 g/mol. The molecule has 0 aliphatic carbocycles. The van der Waals surface area contributed by atoms with E-state index in [-0.39, 0.29) is 11.7 Å². The Morgan fingerprint density at radius 1 is 1.50 bits per heavy atom. The van der Waals surface area contributed by atoms with Gasteiger partial charge in [-0.05, 0) is 40.5 Å². The summed E-state index contributed by atoms with van der Waals surface area (Å²) in [6.45, 7) is 2.18. The number of phenolic OH excluding ortho intramolecular Hbond substituents is 1. The number of esters is 1. The molecule has 0 aromatic heterocycles. The van der Waals surface area contributed by atoms with Crippen LogP contribution in [0.1, 0.15) is 12.5 Å². The van der Waals surface area contributed by atoms with Gasteiger partial charge in [-0.1, -0.05) is 0 Å². The topological polar surface area (TPSA) is 67.8 Å². The van der Waals surface area contributed by atoms with Gasteiger partial charge in [0.15, 0.2) is 11.5 Å². The third-order valence-electron chi connectivity index (χ3n) is 2.48. The van der Waals surface area contributed by atoms with Crippen LogP contribution in [0.3, 0.4) is 0 Å². The Balaban J connectivity index is 2.74. The highest BCUT2D eigenvalue weighted by Crippen LogP contribution is 2.35. The Morgan fingerprint density at radius 2 is 2.17 bits per heavy atom. The van der Waals surface area contributed by atoms with Gasteiger partial charge in [0.05, 0.1) is 18.7 Å². The Morgan fingerprint density at radius 3 is 2.72 bits per heavy atom. The maximum atomic E-state index is 11.2. The number of nitrogens with one attached hydrogen (secondary N) is 1. The number of benzene rings is 1. The van der Waals surface area contributed by atoms with E-state index in [0.29, 0.717) is 16.8 Å². The summed E-state index contributed by atoms with van der Waals surface area (Å²) in [5.41, 5.74) is 0.882. The molecule has 0 fully saturated rings. The molecule has 6 heteroatoms. The summed E-state index contributed by atoms with van der Waals surface area (Å²) in [7, 11) is 2.83. The number of hydrogen-bond donors (Lipinski definition) is 2. The molecule has 0 bridgehead atoms. The second kappa shape index (κ2) is 6.61. The zero-order chi connectivity index (χ0) is 13.7. The first-order valence-electron chi connectivity index (χ1n) is 5.36. The predicted octanol–water partition coefficient (Wildman–Crippen LogP) is 1.81. The van der Waals surface area contributed by atoms with Crippen molar-refractivity contribution in [1.82, 2.24) is 5.32 Å². The molecule has 2 N–H and O–H groups in total. The number of phenols is 1. The van der Waals surface area contributed by atoms with Gasteiger partial charge in [0, 0.05) is 6.54 Å². The van der Waals surface area contributed by atoms with Crippen molar-refractivity contribution in [3.05, 3.63) is 22.2 Å². The van der Waals surface area contributed by atoms with Crippen molar-refractivity contribution in [2.45, 2.75) is 19.5 Å². The molecule has 0 saturated carbocycles. The fourth-order valence-electron chi connectivity index (χ4n) is 1.42. The van der Waals surface area contributed by atoms with E-state index >= 15 is 0 Å². The molecule has 0 heterocycles. The molecule has 0 radical (unpaired) electrons. The van der Waals surface area contributed by atoms with E-state index in [0.717, 1.165) is 5.56 Å². The molecule has 0 saturated heterocycles. The maximum Gasteiger partial charge on any atom is 0.322 e. The number of carbonyl (C=O) groups is 1. The Kier molecular flexibility index (Phi) is 5.43. The van der Waals surface area contributed by atoms with Crippen molar-refractivity contribution in [2.75, 3.05) is 14.2 Å². The quantitative estimate of drug-likeness (QED) is 0.811. The SMILES string of the molecule is COC(=O)C(C)NCc1cc(Br)c(O)c(OC)c1. The summed E-state index contributed by atoms with van der Waals surface area (Å²) in [6, 6.07) is 3.07. The predicted molar refractivity (Wildman–Crippen MR) is 70.7 cm³/mol. The van der Waals surface area contributed by atoms with Crippen LogP contribution in [0, 0.1) is 0 Å². The van der Waals surface area contributed by atoms with Crippen LogP contribution in [-0.4, -0.2) is 31.3 Å². The van der Waals surface area contributed by atoms with E-state index in [1.54, 1.807) is 19.1 Å². The molecule has 0 aliphatic heterocycles. The van der Waals surface area contributed by atoms with Crippen molar-refractivity contribution >= 4 is 21.9 Å². The number of carbonyl (C=O) groups excluding carboxylic acids is 1. The van der Waals surface area contributed by atoms with E-state index in [1.165, 1.54) is 14.2 Å². The van der Waals surface area contributed by atoms with Crippen molar-refractivity contribution in [1.29, 1.82) is 0 Å². The van der Waals surface area contributed by atoms with Crippen molar-refractivity contribution < 1.29 is 19.4 Å². The summed E-state index contributed by atoms with van der Waals surface area (Å²) in [5.74, 6) is 0.119. The van der Waals surface area contributed by atoms with Gasteiger partial charge in [0.1, 0.15) is 6.04 Å². The maximum absolute atomic E-state index is 11.2. The lowest BCUT2D eigenvalue weighted by molar-refractivity contribution is -0.142. The Hall–Kier alpha value is -1.27. The van der Waals surface area contributed by atoms with Crippen LogP contribution in [0.25, 0.3) is 0 Å². The molecule has 100 valence electrons. The highest BCUT2D eigenvalue weighted by molar-refractivity contribution is 9.10. The standard InChI is InChI=1S/C12H16BrNO4/c1-7(12(16)18-3)14-6-8-4-9(13)11(15)10(5-8)17-2/h4-5,7,14-15H,6H2,1-3H3. The number of aromatic hydroxyl groups is 1. The first-order chi connectivity index (χ1) is 8.49. The number of ether oxygens (including phenoxy) is 2. The second-order valence-electron chi connectivity index (χ2n) is 3.75. The van der Waals surface area contributed by atoms with Gasteiger partial charge in [-0.2, -0.15) is 0 Å². The van der Waals surface area contributed by atoms with Crippen molar-refractivity contribution in [3.63, 3.8) is 0 Å². The summed E-state index contributed by atoms with van der Waals surface area (Å²) in [6.07, 6.45) is 0. The lowest BCUT2D eigenvalue weighted by Crippen LogP contribution is -2.34. The third kappa shape index (κ3) is 3.61. The van der Waals surface area contributed by atoms with Gasteiger partial charge in [-0.3, -0.25) is 4.79 Å². The summed E-state index contributed by atoms with van der Waals surface area (Å²) >= 11 is 3.24. The highest BCUT2D eigenvalue weighted by Gasteiger charge is 2.13. The van der Waals surface area contributed by atoms with Gasteiger partial charge in [0.2, 0.25) is 0 Å². The van der Waals surface area contributed by atoms with Gasteiger partial charge in [-0.25, -0.2) is 0 Å². The third-order valence-corrected chi connectivity index (χ3v) is 3.08. The van der Waals surface area contributed by atoms with Gasteiger partial charge in [0.25, 0.3) is 0 Å². The number of rotatable bonds is 5. The van der Waals surface area contributed by atoms with E-state index in [1.807, 2.05) is 0 Å². The van der Waals surface area contributed by atoms with Crippen LogP contribution in [0.5, 0.6) is 11.5 Å². The molecular formula is C12H16BrNO4. The van der Waals surface area contributed by atoms with Gasteiger partial charge >= 0.3 is 5.97 Å². The summed E-state index contributed by atoms with van der Waals surface area (Å²) in [5, 5.41) is 12.7. The van der Waals surface area contributed by atoms with Crippen LogP contribution in [0.15, 0.2) is 16.6 Å². The molecule has 1 rings (SSSR count). The fraction of sp³-hybridized carbons (Fsp3) is 0.417. The fourth-order valence-corrected chi connectivity index (χ4v) is 1.91. The average molecular weight is 318 g/mol. The zero-order valence-corrected chi connectivity index (χ0v) is 12.1. The molecule has 0 amide bonds. The van der Waals surface area contributed by atoms with E-state index in [4.69, 9.17) is 4.74 Å². The molecule has 1 unspecified atom stereocenters. The average Bonchev–Trinajstić information content (AvgIpc) is 2.38. The minimum Gasteiger partial charge on any atom is -0.503 e. The molecule has 18 heavy (non-hydrogen) atoms. The first kappa shape index (κ1) is 14.8. The van der Waals surface area contributed by atoms with Crippen LogP contribution in [0.2, 0.25) is 0 Å². The lowest BCUT2D eigenvalue weighted by Gasteiger charge is -2.13. The van der Waals surface area contributed by atoms with E-state index < -0.39 is 6.04 Å². The zero-order valence-electron chi connectivity index (χ0n) is 10.5. The van der Waals surface area contributed by atoms with Gasteiger partial charge < -0.3 is 19.9 Å². The molecular weight excluding hydrogens is 302 g/mol. The molecule has 5 nitrogen and oxygen atoms in total. The Bertz CT molecular complexity index is 436. The largest absolute Gasteiger partial charge is 0.503 e. The minimum atomic E-state index is -0.395. The molecule has 0 spiro atoms. The van der Waals surface area contributed by atoms with E-state index in [9.17, 15) is 9.90 Å². The Labute approximate surface area is 114 Å². The molecule has 1 aromatic carbocycles. The summed E-state index contributed by atoms with van der Waals surface area (Å²) in [4.78, 5) is 11.2. The van der Waals surface area contributed by atoms with E-state index in [2.05, 4.69) is 26.0 Å². The van der Waals surface area contributed by atoms with Crippen LogP contribution >= 0.6 is 15.9 Å². The number of halogens is 1. The van der Waals surface area contributed by atoms with Crippen molar-refractivity contribution in [3.8, 4) is 11.5 Å². The van der Waals surface area contributed by atoms with Crippen LogP contribution in [0.4, 0.5) is 0 Å². The summed E-state index contributed by atoms with van der Waals surface area (Å²) < 4.78 is 10.2. The van der Waals surface area contributed by atoms with Crippen molar-refractivity contribution in [2.24, 2.45) is 0 Å². The smallest absolute Gasteiger partial charge is 0.322 e. The van der Waals surface area contributed by atoms with Crippen LogP contribution in [-0.2, 0) is 16.1 Å². The lowest BCUT2D eigenvalue weighted by atomic mass is 10.2. The first-order valence-corrected chi connectivity index (χ1v) is 6.15. The molecule has 1 aromatic rings.